The van der Waals surface area contributed by atoms with Gasteiger partial charge in [-0.25, -0.2) is 13.4 Å². The van der Waals surface area contributed by atoms with Gasteiger partial charge in [0.25, 0.3) is 0 Å². The monoisotopic (exact) mass is 734 g/mol. The first kappa shape index (κ1) is 34.3. The molecule has 2 unspecified atom stereocenters. The number of sulfone groups is 1. The van der Waals surface area contributed by atoms with E-state index in [0.717, 1.165) is 38.8 Å². The van der Waals surface area contributed by atoms with E-state index >= 15 is 0 Å². The van der Waals surface area contributed by atoms with Crippen LogP contribution in [0.3, 0.4) is 0 Å². The standard InChI is InChI=1S/C27H40ClIN8O4S/c1-4-6-22(24(41-20-9-10-20)11-8-19-7-5-12-37(15-19)17-33-38)35-27-32-13-21(28)26(36-27)34-23(14-31-3)25(30)42(39,40)16-18(2)29/h4,6,8,11,13-14,18-20,30-31,33,38H,5,7,9-10,12,15-17H2,1-3H3,(H2,32,34,35,36)/b6-4+,11-8+,23-14+,24-22-,30-25?. The number of alkyl halides is 1. The molecule has 232 valence electrons. The van der Waals surface area contributed by atoms with Gasteiger partial charge in [-0.15, -0.1) is 0 Å². The average molecular weight is 735 g/mol. The van der Waals surface area contributed by atoms with Crippen molar-refractivity contribution in [2.75, 3.05) is 43.2 Å². The van der Waals surface area contributed by atoms with Crippen LogP contribution < -0.4 is 21.4 Å². The average Bonchev–Trinajstić information content (AvgIpc) is 3.76. The largest absolute Gasteiger partial charge is 0.488 e. The number of piperidine rings is 1. The highest BCUT2D eigenvalue weighted by atomic mass is 127. The van der Waals surface area contributed by atoms with Crippen LogP contribution in [0.1, 0.15) is 39.5 Å². The van der Waals surface area contributed by atoms with Crippen LogP contribution >= 0.6 is 34.2 Å². The quantitative estimate of drug-likeness (QED) is 0.0288. The summed E-state index contributed by atoms with van der Waals surface area (Å²) in [5, 5.41) is 25.9. The van der Waals surface area contributed by atoms with Gasteiger partial charge in [-0.1, -0.05) is 53.3 Å². The fraction of sp³-hybridized carbons (Fsp3) is 0.519. The molecule has 1 aliphatic carbocycles. The summed E-state index contributed by atoms with van der Waals surface area (Å²) in [5.41, 5.74) is 2.89. The van der Waals surface area contributed by atoms with Crippen molar-refractivity contribution in [1.82, 2.24) is 25.7 Å². The molecule has 0 aromatic carbocycles. The van der Waals surface area contributed by atoms with Crippen LogP contribution in [-0.2, 0) is 14.6 Å². The third kappa shape index (κ3) is 10.8. The Morgan fingerprint density at radius 2 is 2.10 bits per heavy atom. The molecule has 1 aliphatic heterocycles. The third-order valence-corrected chi connectivity index (χ3v) is 9.41. The number of hydrogen-bond acceptors (Lipinski definition) is 12. The van der Waals surface area contributed by atoms with Gasteiger partial charge in [-0.05, 0) is 57.2 Å². The van der Waals surface area contributed by atoms with Gasteiger partial charge in [0, 0.05) is 23.7 Å². The lowest BCUT2D eigenvalue weighted by atomic mass is 9.97. The molecular weight excluding hydrogens is 695 g/mol. The number of likely N-dealkylation sites (tertiary alicyclic amines) is 1. The molecule has 0 spiro atoms. The molecule has 0 bridgehead atoms. The summed E-state index contributed by atoms with van der Waals surface area (Å²) in [6, 6.07) is 0. The lowest BCUT2D eigenvalue weighted by molar-refractivity contribution is 0.0784. The fourth-order valence-electron chi connectivity index (χ4n) is 4.24. The summed E-state index contributed by atoms with van der Waals surface area (Å²) in [7, 11) is -2.24. The van der Waals surface area contributed by atoms with Crippen molar-refractivity contribution in [2.45, 2.75) is 49.6 Å². The molecule has 6 N–H and O–H groups in total. The van der Waals surface area contributed by atoms with Crippen molar-refractivity contribution >= 4 is 60.8 Å². The first-order valence-corrected chi connectivity index (χ1v) is 17.0. The molecule has 2 fully saturated rings. The number of halogens is 2. The van der Waals surface area contributed by atoms with Crippen LogP contribution in [0.2, 0.25) is 5.02 Å². The number of nitrogens with zero attached hydrogens (tertiary/aromatic N) is 3. The number of hydrogen-bond donors (Lipinski definition) is 6. The molecule has 1 saturated heterocycles. The second-order valence-corrected chi connectivity index (χ2v) is 14.6. The first-order chi connectivity index (χ1) is 20.1. The van der Waals surface area contributed by atoms with E-state index in [-0.39, 0.29) is 38.3 Å². The van der Waals surface area contributed by atoms with Gasteiger partial charge in [0.1, 0.15) is 10.8 Å². The second kappa shape index (κ2) is 16.6. The predicted octanol–water partition coefficient (Wildman–Crippen LogP) is 4.40. The zero-order valence-corrected chi connectivity index (χ0v) is 27.8. The molecular formula is C27H40ClIN8O4S. The fourth-order valence-corrected chi connectivity index (χ4v) is 7.02. The maximum absolute atomic E-state index is 12.7. The lowest BCUT2D eigenvalue weighted by Crippen LogP contribution is -2.39. The van der Waals surface area contributed by atoms with Gasteiger partial charge in [-0.3, -0.25) is 10.3 Å². The van der Waals surface area contributed by atoms with E-state index in [9.17, 15) is 8.42 Å². The summed E-state index contributed by atoms with van der Waals surface area (Å²) >= 11 is 8.40. The Labute approximate surface area is 266 Å². The highest BCUT2D eigenvalue weighted by Crippen LogP contribution is 2.30. The molecule has 3 rings (SSSR count). The minimum atomic E-state index is -3.85. The van der Waals surface area contributed by atoms with Crippen molar-refractivity contribution in [3.63, 3.8) is 0 Å². The number of aromatic nitrogens is 2. The van der Waals surface area contributed by atoms with Gasteiger partial charge < -0.3 is 25.9 Å². The number of ether oxygens (including phenoxy) is 1. The van der Waals surface area contributed by atoms with Crippen LogP contribution in [0.25, 0.3) is 0 Å². The van der Waals surface area contributed by atoms with Crippen LogP contribution in [0, 0.1) is 11.3 Å². The maximum Gasteiger partial charge on any atom is 0.229 e. The Bertz CT molecular complexity index is 1310. The molecule has 0 amide bonds. The molecule has 2 heterocycles. The van der Waals surface area contributed by atoms with E-state index in [0.29, 0.717) is 24.0 Å². The van der Waals surface area contributed by atoms with Crippen molar-refractivity contribution in [3.05, 3.63) is 58.9 Å². The number of rotatable bonds is 15. The predicted molar refractivity (Wildman–Crippen MR) is 176 cm³/mol. The van der Waals surface area contributed by atoms with Gasteiger partial charge >= 0.3 is 0 Å². The Balaban J connectivity index is 1.88. The number of allylic oxidation sites excluding steroid dienone is 3. The lowest BCUT2D eigenvalue weighted by Gasteiger charge is -2.30. The highest BCUT2D eigenvalue weighted by molar-refractivity contribution is 14.1. The molecule has 2 aliphatic rings. The zero-order valence-electron chi connectivity index (χ0n) is 24.0. The minimum Gasteiger partial charge on any atom is -0.488 e. The molecule has 2 atom stereocenters. The van der Waals surface area contributed by atoms with Crippen LogP contribution in [-0.4, -0.2) is 76.1 Å². The molecule has 42 heavy (non-hydrogen) atoms. The minimum absolute atomic E-state index is 0.00364. The summed E-state index contributed by atoms with van der Waals surface area (Å²) in [6.45, 7) is 5.85. The Hall–Kier alpha value is -2.24. The van der Waals surface area contributed by atoms with E-state index in [1.54, 1.807) is 14.0 Å². The first-order valence-electron chi connectivity index (χ1n) is 13.8. The maximum atomic E-state index is 12.7. The van der Waals surface area contributed by atoms with E-state index in [2.05, 4.69) is 42.4 Å². The smallest absolute Gasteiger partial charge is 0.229 e. The summed E-state index contributed by atoms with van der Waals surface area (Å²) in [5.74, 6) is 1.12. The Morgan fingerprint density at radius 3 is 2.74 bits per heavy atom. The van der Waals surface area contributed by atoms with Crippen molar-refractivity contribution in [1.29, 1.82) is 5.41 Å². The number of nitrogens with one attached hydrogen (secondary N) is 5. The molecule has 15 heteroatoms. The third-order valence-electron chi connectivity index (χ3n) is 6.31. The van der Waals surface area contributed by atoms with Gasteiger partial charge in [0.2, 0.25) is 5.95 Å². The van der Waals surface area contributed by atoms with E-state index in [1.807, 2.05) is 47.7 Å². The van der Waals surface area contributed by atoms with E-state index in [1.165, 1.54) is 12.4 Å². The van der Waals surface area contributed by atoms with E-state index in [4.69, 9.17) is 27.0 Å². The Kier molecular flexibility index (Phi) is 13.5. The Morgan fingerprint density at radius 1 is 1.33 bits per heavy atom. The zero-order chi connectivity index (χ0) is 30.7. The molecule has 1 aromatic rings. The molecule has 12 nitrogen and oxygen atoms in total. The van der Waals surface area contributed by atoms with Gasteiger partial charge in [-0.2, -0.15) is 10.5 Å². The molecule has 1 saturated carbocycles. The van der Waals surface area contributed by atoms with Crippen LogP contribution in [0.5, 0.6) is 0 Å². The van der Waals surface area contributed by atoms with Crippen molar-refractivity contribution in [2.24, 2.45) is 5.92 Å². The van der Waals surface area contributed by atoms with Crippen molar-refractivity contribution in [3.8, 4) is 0 Å². The normalized spacial score (nSPS) is 20.0. The summed E-state index contributed by atoms with van der Waals surface area (Å²) in [4.78, 5) is 11.0. The molecule has 1 aromatic heterocycles. The SMILES string of the molecule is C/C=C/C(Nc1ncc(Cl)c(N/C(=C/NC)C(=N)S(=O)(=O)CC(C)I)n1)=C(\C=C\C1CCCN(CNO)C1)OC1CC1. The topological polar surface area (TPSA) is 165 Å². The summed E-state index contributed by atoms with van der Waals surface area (Å²) in [6.07, 6.45) is 14.8. The highest BCUT2D eigenvalue weighted by Gasteiger charge is 2.27. The van der Waals surface area contributed by atoms with Gasteiger partial charge in [0.05, 0.1) is 36.1 Å². The number of hydroxylamine groups is 1. The van der Waals surface area contributed by atoms with E-state index < -0.39 is 14.9 Å². The second-order valence-electron chi connectivity index (χ2n) is 10.1. The molecule has 0 radical (unpaired) electrons. The van der Waals surface area contributed by atoms with Crippen molar-refractivity contribution < 1.29 is 18.4 Å². The van der Waals surface area contributed by atoms with Crippen LogP contribution in [0.4, 0.5) is 11.8 Å². The number of anilines is 2. The summed E-state index contributed by atoms with van der Waals surface area (Å²) < 4.78 is 31.6. The van der Waals surface area contributed by atoms with Crippen LogP contribution in [0.15, 0.2) is 53.9 Å². The van der Waals surface area contributed by atoms with Gasteiger partial charge in [0.15, 0.2) is 20.7 Å².